The van der Waals surface area contributed by atoms with Gasteiger partial charge >= 0.3 is 27.7 Å². The van der Waals surface area contributed by atoms with Gasteiger partial charge in [0.25, 0.3) is 0 Å². The van der Waals surface area contributed by atoms with Gasteiger partial charge in [0.05, 0.1) is 0 Å². The molecule has 0 radical (unpaired) electrons. The molecule has 0 saturated carbocycles. The van der Waals surface area contributed by atoms with Crippen LogP contribution in [0, 0.1) is 5.82 Å². The van der Waals surface area contributed by atoms with Crippen LogP contribution in [0.5, 0.6) is 0 Å². The van der Waals surface area contributed by atoms with E-state index in [4.69, 9.17) is 11.6 Å². The maximum absolute atomic E-state index is 12.2. The van der Waals surface area contributed by atoms with Crippen molar-refractivity contribution in [1.29, 1.82) is 0 Å². The molecule has 0 heterocycles. The molecule has 1 aromatic rings. The van der Waals surface area contributed by atoms with Crippen molar-refractivity contribution in [2.75, 3.05) is 0 Å². The van der Waals surface area contributed by atoms with E-state index in [1.54, 1.807) is 12.1 Å². The van der Waals surface area contributed by atoms with Gasteiger partial charge in [-0.25, -0.2) is 4.39 Å². The van der Waals surface area contributed by atoms with E-state index in [1.165, 1.54) is 12.1 Å². The normalized spacial score (nSPS) is 8.60. The molecular weight excluding hydrogens is 339 g/mol. The molecule has 0 aliphatic heterocycles. The maximum atomic E-state index is 12.2. The topological polar surface area (TPSA) is 0 Å². The van der Waals surface area contributed by atoms with Crippen LogP contribution in [0.25, 0.3) is 0 Å². The van der Waals surface area contributed by atoms with Crippen LogP contribution in [0.3, 0.4) is 0 Å². The van der Waals surface area contributed by atoms with Crippen LogP contribution in [0.2, 0.25) is 0 Å². The van der Waals surface area contributed by atoms with Gasteiger partial charge in [0, 0.05) is 5.88 Å². The third-order valence-electron chi connectivity index (χ3n) is 1.07. The molecule has 0 aromatic heterocycles. The van der Waals surface area contributed by atoms with E-state index in [0.29, 0.717) is 5.88 Å². The summed E-state index contributed by atoms with van der Waals surface area (Å²) in [7, 11) is 0. The minimum Gasteiger partial charge on any atom is -0.207 e. The molecule has 0 aliphatic rings. The van der Waals surface area contributed by atoms with Crippen LogP contribution in [0.1, 0.15) is 5.56 Å². The first kappa shape index (κ1) is 10.4. The summed E-state index contributed by atoms with van der Waals surface area (Å²) in [4.78, 5) is 0. The quantitative estimate of drug-likeness (QED) is 0.542. The van der Waals surface area contributed by atoms with E-state index in [9.17, 15) is 4.39 Å². The Bertz CT molecular complexity index is 185. The summed E-state index contributed by atoms with van der Waals surface area (Å²) in [5.41, 5.74) is 0.943. The molecule has 0 nitrogen and oxygen atoms in total. The van der Waals surface area contributed by atoms with Crippen molar-refractivity contribution < 1.29 is 32.1 Å². The van der Waals surface area contributed by atoms with E-state index in [1.807, 2.05) is 0 Å². The number of benzene rings is 1. The van der Waals surface area contributed by atoms with E-state index >= 15 is 0 Å². The van der Waals surface area contributed by atoms with Crippen molar-refractivity contribution >= 4 is 11.6 Å². The summed E-state index contributed by atoms with van der Waals surface area (Å²) < 4.78 is 12.2. The molecule has 3 heteroatoms. The molecule has 10 heavy (non-hydrogen) atoms. The Balaban J connectivity index is 0.000000810. The Morgan fingerprint density at radius 1 is 1.20 bits per heavy atom. The van der Waals surface area contributed by atoms with Crippen molar-refractivity contribution in [1.82, 2.24) is 0 Å². The zero-order valence-electron chi connectivity index (χ0n) is 5.48. The van der Waals surface area contributed by atoms with Crippen LogP contribution >= 0.6 is 11.6 Å². The Morgan fingerprint density at radius 2 is 1.70 bits per heavy atom. The first-order chi connectivity index (χ1) is 4.33. The second-order valence-corrected chi connectivity index (χ2v) is 2.03. The van der Waals surface area contributed by atoms with Crippen LogP contribution in [-0.2, 0) is 33.5 Å². The van der Waals surface area contributed by atoms with Gasteiger partial charge in [-0.05, 0) is 17.7 Å². The molecule has 0 spiro atoms. The van der Waals surface area contributed by atoms with Gasteiger partial charge in [-0.15, -0.1) is 11.6 Å². The zero-order valence-corrected chi connectivity index (χ0v) is 11.7. The molecule has 0 bridgehead atoms. The van der Waals surface area contributed by atoms with Gasteiger partial charge in [0.15, 0.2) is 0 Å². The van der Waals surface area contributed by atoms with E-state index in [-0.39, 0.29) is 33.5 Å². The summed E-state index contributed by atoms with van der Waals surface area (Å²) >= 11 is 5.46. The number of halogens is 2. The molecule has 0 aliphatic carbocycles. The monoisotopic (exact) mass is 346 g/mol. The molecule has 0 saturated heterocycles. The average molecular weight is 345 g/mol. The summed E-state index contributed by atoms with van der Waals surface area (Å²) in [6.07, 6.45) is 0. The zero-order chi connectivity index (χ0) is 6.69. The molecule has 1 rings (SSSR count). The molecule has 0 unspecified atom stereocenters. The van der Waals surface area contributed by atoms with Gasteiger partial charge in [0.1, 0.15) is 5.82 Å². The molecule has 0 fully saturated rings. The summed E-state index contributed by atoms with van der Waals surface area (Å²) in [6, 6.07) is 6.14. The molecule has 1 aromatic carbocycles. The van der Waals surface area contributed by atoms with Crippen LogP contribution in [-0.4, -0.2) is 0 Å². The van der Waals surface area contributed by atoms with Crippen LogP contribution in [0.15, 0.2) is 24.3 Å². The number of alkyl halides is 1. The van der Waals surface area contributed by atoms with Crippen LogP contribution < -0.4 is 0 Å². The molecule has 0 atom stereocenters. The Kier molecular flexibility index (Phi) is 5.27. The Morgan fingerprint density at radius 3 is 2.10 bits per heavy atom. The number of rotatable bonds is 1. The SMILES string of the molecule is Fc1ccc(CCl)cc1.[Hg+2]. The standard InChI is InChI=1S/C7H6ClF.Hg/c8-5-6-1-3-7(9)4-2-6;/h1-4H,5H2;/q;+2. The second kappa shape index (κ2) is 5.08. The first-order valence-electron chi connectivity index (χ1n) is 2.63. The number of hydrogen-bond donors (Lipinski definition) is 0. The summed E-state index contributed by atoms with van der Waals surface area (Å²) in [5.74, 6) is 0.226. The molecule has 0 N–H and O–H groups in total. The predicted octanol–water partition coefficient (Wildman–Crippen LogP) is 2.56. The van der Waals surface area contributed by atoms with Gasteiger partial charge in [-0.3, -0.25) is 0 Å². The van der Waals surface area contributed by atoms with Gasteiger partial charge in [-0.1, -0.05) is 12.1 Å². The predicted molar refractivity (Wildman–Crippen MR) is 36.0 cm³/mol. The fourth-order valence-electron chi connectivity index (χ4n) is 0.573. The first-order valence-corrected chi connectivity index (χ1v) is 3.17. The van der Waals surface area contributed by atoms with E-state index < -0.39 is 0 Å². The Hall–Kier alpha value is 0.375. The summed E-state index contributed by atoms with van der Waals surface area (Å²) in [5, 5.41) is 0. The van der Waals surface area contributed by atoms with E-state index in [0.717, 1.165) is 5.56 Å². The molecular formula is C7H6ClFHg+2. The number of hydrogen-bond acceptors (Lipinski definition) is 0. The van der Waals surface area contributed by atoms with Crippen LogP contribution in [0.4, 0.5) is 4.39 Å². The van der Waals surface area contributed by atoms with Gasteiger partial charge in [-0.2, -0.15) is 0 Å². The van der Waals surface area contributed by atoms with Gasteiger partial charge < -0.3 is 0 Å². The van der Waals surface area contributed by atoms with Crippen molar-refractivity contribution in [2.24, 2.45) is 0 Å². The molecule has 48 valence electrons. The van der Waals surface area contributed by atoms with Crippen molar-refractivity contribution in [3.8, 4) is 0 Å². The van der Waals surface area contributed by atoms with Crippen molar-refractivity contribution in [3.63, 3.8) is 0 Å². The van der Waals surface area contributed by atoms with Crippen molar-refractivity contribution in [3.05, 3.63) is 35.6 Å². The fourth-order valence-corrected chi connectivity index (χ4v) is 0.752. The minimum atomic E-state index is -0.219. The van der Waals surface area contributed by atoms with Crippen molar-refractivity contribution in [2.45, 2.75) is 5.88 Å². The Labute approximate surface area is 84.9 Å². The minimum absolute atomic E-state index is 0. The average Bonchev–Trinajstić information content (AvgIpc) is 1.90. The smallest absolute Gasteiger partial charge is 0.207 e. The van der Waals surface area contributed by atoms with Gasteiger partial charge in [0.2, 0.25) is 0 Å². The summed E-state index contributed by atoms with van der Waals surface area (Å²) in [6.45, 7) is 0. The van der Waals surface area contributed by atoms with E-state index in [2.05, 4.69) is 0 Å². The third kappa shape index (κ3) is 2.97. The second-order valence-electron chi connectivity index (χ2n) is 1.76. The largest absolute Gasteiger partial charge is 2.00 e. The third-order valence-corrected chi connectivity index (χ3v) is 1.38. The maximum Gasteiger partial charge on any atom is 2.00 e. The molecule has 0 amide bonds. The fraction of sp³-hybridized carbons (Fsp3) is 0.143.